The Morgan fingerprint density at radius 3 is 2.27 bits per heavy atom. The standard InChI is InChI=1S/C26H35N3O/c1-25(2,3)21-13-11-19(12-14-21)18-29(24(30)28-26(4,5)6)16-15-20-17-27-23-10-8-7-9-22(20)23/h7-14,17,27H,15-16,18H2,1-6H3,(H,28,30). The smallest absolute Gasteiger partial charge is 0.318 e. The van der Waals surface area contributed by atoms with Gasteiger partial charge in [-0.3, -0.25) is 0 Å². The number of nitrogens with zero attached hydrogens (tertiary/aromatic N) is 1. The van der Waals surface area contributed by atoms with Gasteiger partial charge in [0.15, 0.2) is 0 Å². The third-order valence-corrected chi connectivity index (χ3v) is 5.29. The molecule has 0 saturated heterocycles. The highest BCUT2D eigenvalue weighted by atomic mass is 16.2. The summed E-state index contributed by atoms with van der Waals surface area (Å²) in [7, 11) is 0. The minimum absolute atomic E-state index is 0.0257. The molecule has 1 heterocycles. The number of fused-ring (bicyclic) bond motifs is 1. The number of hydrogen-bond donors (Lipinski definition) is 2. The monoisotopic (exact) mass is 405 g/mol. The summed E-state index contributed by atoms with van der Waals surface area (Å²) in [6, 6.07) is 16.9. The molecule has 0 unspecified atom stereocenters. The number of carbonyl (C=O) groups excluding carboxylic acids is 1. The quantitative estimate of drug-likeness (QED) is 0.536. The molecule has 2 amide bonds. The second-order valence-electron chi connectivity index (χ2n) is 10.2. The van der Waals surface area contributed by atoms with Crippen LogP contribution in [0.3, 0.4) is 0 Å². The Morgan fingerprint density at radius 2 is 1.63 bits per heavy atom. The molecular weight excluding hydrogens is 370 g/mol. The van der Waals surface area contributed by atoms with Gasteiger partial charge in [0, 0.05) is 35.7 Å². The lowest BCUT2D eigenvalue weighted by molar-refractivity contribution is 0.186. The van der Waals surface area contributed by atoms with Gasteiger partial charge in [0.1, 0.15) is 0 Å². The van der Waals surface area contributed by atoms with Gasteiger partial charge in [0.2, 0.25) is 0 Å². The van der Waals surface area contributed by atoms with E-state index < -0.39 is 0 Å². The second-order valence-corrected chi connectivity index (χ2v) is 10.2. The van der Waals surface area contributed by atoms with Crippen LogP contribution in [-0.2, 0) is 18.4 Å². The van der Waals surface area contributed by atoms with Gasteiger partial charge in [-0.1, -0.05) is 63.2 Å². The fourth-order valence-electron chi connectivity index (χ4n) is 3.58. The van der Waals surface area contributed by atoms with Crippen molar-refractivity contribution in [1.82, 2.24) is 15.2 Å². The molecule has 0 atom stereocenters. The summed E-state index contributed by atoms with van der Waals surface area (Å²) in [4.78, 5) is 18.3. The molecule has 4 heteroatoms. The van der Waals surface area contributed by atoms with Gasteiger partial charge in [-0.15, -0.1) is 0 Å². The van der Waals surface area contributed by atoms with E-state index in [-0.39, 0.29) is 17.0 Å². The van der Waals surface area contributed by atoms with Crippen molar-refractivity contribution in [1.29, 1.82) is 0 Å². The Morgan fingerprint density at radius 1 is 0.967 bits per heavy atom. The molecule has 2 aromatic carbocycles. The van der Waals surface area contributed by atoms with Crippen LogP contribution in [0.1, 0.15) is 58.2 Å². The fraction of sp³-hybridized carbons (Fsp3) is 0.423. The first kappa shape index (κ1) is 21.9. The molecule has 0 saturated carbocycles. The molecule has 2 N–H and O–H groups in total. The number of amides is 2. The molecule has 0 bridgehead atoms. The van der Waals surface area contributed by atoms with E-state index in [9.17, 15) is 4.79 Å². The van der Waals surface area contributed by atoms with Crippen molar-refractivity contribution in [2.24, 2.45) is 0 Å². The SMILES string of the molecule is CC(C)(C)NC(=O)N(CCc1c[nH]c2ccccc12)Cc1ccc(C(C)(C)C)cc1. The van der Waals surface area contributed by atoms with Crippen LogP contribution >= 0.6 is 0 Å². The second kappa shape index (κ2) is 8.55. The normalized spacial score (nSPS) is 12.2. The first-order chi connectivity index (χ1) is 14.0. The summed E-state index contributed by atoms with van der Waals surface area (Å²) in [6.45, 7) is 13.9. The summed E-state index contributed by atoms with van der Waals surface area (Å²) < 4.78 is 0. The van der Waals surface area contributed by atoms with Gasteiger partial charge in [-0.25, -0.2) is 4.79 Å². The molecule has 1 aromatic heterocycles. The molecule has 4 nitrogen and oxygen atoms in total. The van der Waals surface area contributed by atoms with Gasteiger partial charge >= 0.3 is 6.03 Å². The minimum atomic E-state index is -0.272. The fourth-order valence-corrected chi connectivity index (χ4v) is 3.58. The van der Waals surface area contributed by atoms with Crippen molar-refractivity contribution < 1.29 is 4.79 Å². The molecule has 0 fully saturated rings. The number of aromatic amines is 1. The molecule has 0 aliphatic carbocycles. The van der Waals surface area contributed by atoms with Crippen molar-refractivity contribution >= 4 is 16.9 Å². The van der Waals surface area contributed by atoms with E-state index in [0.717, 1.165) is 17.5 Å². The molecule has 0 spiro atoms. The molecule has 30 heavy (non-hydrogen) atoms. The molecular formula is C26H35N3O. The van der Waals surface area contributed by atoms with Gasteiger partial charge in [-0.2, -0.15) is 0 Å². The number of carbonyl (C=O) groups is 1. The summed E-state index contributed by atoms with van der Waals surface area (Å²) in [6.07, 6.45) is 2.87. The lowest BCUT2D eigenvalue weighted by Crippen LogP contribution is -2.48. The van der Waals surface area contributed by atoms with Crippen LogP contribution in [0.4, 0.5) is 4.79 Å². The van der Waals surface area contributed by atoms with E-state index in [1.54, 1.807) is 0 Å². The Hall–Kier alpha value is -2.75. The van der Waals surface area contributed by atoms with Gasteiger partial charge in [0.05, 0.1) is 0 Å². The van der Waals surface area contributed by atoms with E-state index in [4.69, 9.17) is 0 Å². The van der Waals surface area contributed by atoms with Crippen molar-refractivity contribution in [2.45, 2.75) is 65.5 Å². The number of H-pyrrole nitrogens is 1. The highest BCUT2D eigenvalue weighted by Gasteiger charge is 2.21. The molecule has 0 aliphatic rings. The van der Waals surface area contributed by atoms with E-state index in [2.05, 4.69) is 79.7 Å². The molecule has 160 valence electrons. The Balaban J connectivity index is 1.77. The molecule has 3 rings (SSSR count). The Kier molecular flexibility index (Phi) is 6.25. The first-order valence-electron chi connectivity index (χ1n) is 10.7. The lowest BCUT2D eigenvalue weighted by atomic mass is 9.87. The molecule has 0 radical (unpaired) electrons. The lowest BCUT2D eigenvalue weighted by Gasteiger charge is -2.29. The maximum Gasteiger partial charge on any atom is 0.318 e. The van der Waals surface area contributed by atoms with Crippen LogP contribution in [0.25, 0.3) is 10.9 Å². The summed E-state index contributed by atoms with van der Waals surface area (Å²) in [5.41, 5.74) is 4.67. The van der Waals surface area contributed by atoms with Crippen molar-refractivity contribution in [3.05, 3.63) is 71.4 Å². The van der Waals surface area contributed by atoms with Crippen LogP contribution < -0.4 is 5.32 Å². The van der Waals surface area contributed by atoms with E-state index in [0.29, 0.717) is 13.1 Å². The zero-order valence-corrected chi connectivity index (χ0v) is 19.2. The van der Waals surface area contributed by atoms with Crippen molar-refractivity contribution in [2.75, 3.05) is 6.54 Å². The highest BCUT2D eigenvalue weighted by molar-refractivity contribution is 5.83. The maximum absolute atomic E-state index is 13.0. The minimum Gasteiger partial charge on any atom is -0.361 e. The largest absolute Gasteiger partial charge is 0.361 e. The summed E-state index contributed by atoms with van der Waals surface area (Å²) in [5.74, 6) is 0. The zero-order chi connectivity index (χ0) is 21.9. The number of para-hydroxylation sites is 1. The van der Waals surface area contributed by atoms with E-state index >= 15 is 0 Å². The third-order valence-electron chi connectivity index (χ3n) is 5.29. The third kappa shape index (κ3) is 5.65. The number of aromatic nitrogens is 1. The highest BCUT2D eigenvalue weighted by Crippen LogP contribution is 2.23. The molecule has 0 aliphatic heterocycles. The average Bonchev–Trinajstić information content (AvgIpc) is 3.06. The van der Waals surface area contributed by atoms with Gasteiger partial charge in [-0.05, 0) is 55.4 Å². The van der Waals surface area contributed by atoms with Crippen molar-refractivity contribution in [3.8, 4) is 0 Å². The maximum atomic E-state index is 13.0. The number of benzene rings is 2. The van der Waals surface area contributed by atoms with E-state index in [1.165, 1.54) is 16.5 Å². The van der Waals surface area contributed by atoms with Gasteiger partial charge in [0.25, 0.3) is 0 Å². The Labute approximate surface area is 180 Å². The number of rotatable bonds is 5. The summed E-state index contributed by atoms with van der Waals surface area (Å²) in [5, 5.41) is 4.35. The van der Waals surface area contributed by atoms with E-state index in [1.807, 2.05) is 31.7 Å². The number of urea groups is 1. The predicted molar refractivity (Wildman–Crippen MR) is 126 cm³/mol. The number of hydrogen-bond acceptors (Lipinski definition) is 1. The van der Waals surface area contributed by atoms with Gasteiger partial charge < -0.3 is 15.2 Å². The average molecular weight is 406 g/mol. The number of nitrogens with one attached hydrogen (secondary N) is 2. The first-order valence-corrected chi connectivity index (χ1v) is 10.7. The Bertz CT molecular complexity index is 988. The zero-order valence-electron chi connectivity index (χ0n) is 19.2. The van der Waals surface area contributed by atoms with Crippen molar-refractivity contribution in [3.63, 3.8) is 0 Å². The topological polar surface area (TPSA) is 48.1 Å². The van der Waals surface area contributed by atoms with Crippen LogP contribution in [-0.4, -0.2) is 28.0 Å². The van der Waals surface area contributed by atoms with Crippen LogP contribution in [0, 0.1) is 0 Å². The predicted octanol–water partition coefficient (Wildman–Crippen LogP) is 6.02. The summed E-state index contributed by atoms with van der Waals surface area (Å²) >= 11 is 0. The van der Waals surface area contributed by atoms with Crippen LogP contribution in [0.2, 0.25) is 0 Å². The molecule has 3 aromatic rings. The van der Waals surface area contributed by atoms with Crippen LogP contribution in [0.15, 0.2) is 54.7 Å². The van der Waals surface area contributed by atoms with Crippen LogP contribution in [0.5, 0.6) is 0 Å².